The van der Waals surface area contributed by atoms with Gasteiger partial charge in [-0.05, 0) is 38.0 Å². The van der Waals surface area contributed by atoms with Gasteiger partial charge in [0.1, 0.15) is 5.75 Å². The Kier molecular flexibility index (Phi) is 7.75. The number of hydrogen-bond acceptors (Lipinski definition) is 3. The number of amides is 1. The first-order chi connectivity index (χ1) is 9.97. The average Bonchev–Trinajstić information content (AvgIpc) is 2.46. The molecule has 0 saturated carbocycles. The average molecular weight is 357 g/mol. The maximum atomic E-state index is 11.7. The summed E-state index contributed by atoms with van der Waals surface area (Å²) in [6.07, 6.45) is 2.22. The van der Waals surface area contributed by atoms with Gasteiger partial charge in [0.25, 0.3) is 0 Å². The van der Waals surface area contributed by atoms with Crippen molar-refractivity contribution in [3.05, 3.63) is 28.2 Å². The number of phenols is 1. The molecule has 2 unspecified atom stereocenters. The van der Waals surface area contributed by atoms with Crippen LogP contribution in [0.5, 0.6) is 5.75 Å². The van der Waals surface area contributed by atoms with E-state index in [0.29, 0.717) is 13.0 Å². The summed E-state index contributed by atoms with van der Waals surface area (Å²) < 4.78 is 0.935. The molecule has 0 saturated heterocycles. The van der Waals surface area contributed by atoms with E-state index in [0.717, 1.165) is 22.9 Å². The van der Waals surface area contributed by atoms with Gasteiger partial charge in [-0.1, -0.05) is 29.8 Å². The molecule has 0 heterocycles. The van der Waals surface area contributed by atoms with Crippen molar-refractivity contribution in [1.29, 1.82) is 0 Å². The third kappa shape index (κ3) is 6.06. The lowest BCUT2D eigenvalue weighted by Gasteiger charge is -2.19. The summed E-state index contributed by atoms with van der Waals surface area (Å²) in [5.74, 6) is 0.340. The van der Waals surface area contributed by atoms with Crippen LogP contribution in [0.25, 0.3) is 0 Å². The molecule has 3 N–H and O–H groups in total. The van der Waals surface area contributed by atoms with Crippen molar-refractivity contribution in [1.82, 2.24) is 10.6 Å². The standard InChI is InChI=1S/C16H25BrN2O2/c1-4-11(3)19-16(21)8-9-18-14(5-2)13-10-12(17)6-7-15(13)20/h6-7,10-11,14,18,20H,4-5,8-9H2,1-3H3,(H,19,21). The van der Waals surface area contributed by atoms with Gasteiger partial charge >= 0.3 is 0 Å². The van der Waals surface area contributed by atoms with Gasteiger partial charge in [0.05, 0.1) is 0 Å². The number of halogens is 1. The number of aromatic hydroxyl groups is 1. The molecule has 1 aromatic rings. The van der Waals surface area contributed by atoms with Crippen molar-refractivity contribution in [3.63, 3.8) is 0 Å². The number of hydrogen-bond donors (Lipinski definition) is 3. The van der Waals surface area contributed by atoms with Crippen LogP contribution in [-0.4, -0.2) is 23.6 Å². The Bertz CT molecular complexity index is 466. The minimum Gasteiger partial charge on any atom is -0.508 e. The van der Waals surface area contributed by atoms with E-state index in [2.05, 4.69) is 33.5 Å². The summed E-state index contributed by atoms with van der Waals surface area (Å²) in [6, 6.07) is 5.66. The zero-order valence-corrected chi connectivity index (χ0v) is 14.5. The van der Waals surface area contributed by atoms with E-state index in [1.54, 1.807) is 6.07 Å². The highest BCUT2D eigenvalue weighted by Crippen LogP contribution is 2.29. The van der Waals surface area contributed by atoms with E-state index in [1.807, 2.05) is 26.0 Å². The molecule has 2 atom stereocenters. The number of nitrogens with one attached hydrogen (secondary N) is 2. The molecule has 0 aliphatic rings. The van der Waals surface area contributed by atoms with Crippen molar-refractivity contribution in [2.75, 3.05) is 6.54 Å². The van der Waals surface area contributed by atoms with Crippen molar-refractivity contribution in [2.24, 2.45) is 0 Å². The highest BCUT2D eigenvalue weighted by Gasteiger charge is 2.14. The monoisotopic (exact) mass is 356 g/mol. The summed E-state index contributed by atoms with van der Waals surface area (Å²) in [6.45, 7) is 6.69. The molecule has 21 heavy (non-hydrogen) atoms. The summed E-state index contributed by atoms with van der Waals surface area (Å²) in [7, 11) is 0. The highest BCUT2D eigenvalue weighted by atomic mass is 79.9. The molecule has 1 amide bonds. The smallest absolute Gasteiger partial charge is 0.221 e. The van der Waals surface area contributed by atoms with Crippen LogP contribution in [0.2, 0.25) is 0 Å². The second kappa shape index (κ2) is 9.05. The van der Waals surface area contributed by atoms with Crippen molar-refractivity contribution in [2.45, 2.75) is 52.1 Å². The lowest BCUT2D eigenvalue weighted by molar-refractivity contribution is -0.121. The SMILES string of the molecule is CCC(C)NC(=O)CCNC(CC)c1cc(Br)ccc1O. The Hall–Kier alpha value is -1.07. The van der Waals surface area contributed by atoms with Crippen molar-refractivity contribution in [3.8, 4) is 5.75 Å². The fraction of sp³-hybridized carbons (Fsp3) is 0.562. The van der Waals surface area contributed by atoms with Crippen LogP contribution in [-0.2, 0) is 4.79 Å². The van der Waals surface area contributed by atoms with E-state index in [-0.39, 0.29) is 23.7 Å². The number of benzene rings is 1. The number of phenolic OH excluding ortho intramolecular Hbond substituents is 1. The molecule has 0 bridgehead atoms. The minimum atomic E-state index is 0.0406. The highest BCUT2D eigenvalue weighted by molar-refractivity contribution is 9.10. The van der Waals surface area contributed by atoms with E-state index >= 15 is 0 Å². The van der Waals surface area contributed by atoms with Crippen LogP contribution in [0, 0.1) is 0 Å². The van der Waals surface area contributed by atoms with Crippen LogP contribution in [0.3, 0.4) is 0 Å². The summed E-state index contributed by atoms with van der Waals surface area (Å²) in [5, 5.41) is 16.2. The second-order valence-electron chi connectivity index (χ2n) is 5.24. The molecule has 0 fully saturated rings. The largest absolute Gasteiger partial charge is 0.508 e. The van der Waals surface area contributed by atoms with Crippen molar-refractivity contribution < 1.29 is 9.90 Å². The summed E-state index contributed by atoms with van der Waals surface area (Å²) >= 11 is 3.42. The molecular formula is C16H25BrN2O2. The molecule has 0 aromatic heterocycles. The molecule has 118 valence electrons. The molecule has 5 heteroatoms. The van der Waals surface area contributed by atoms with Gasteiger partial charge in [0, 0.05) is 35.1 Å². The van der Waals surface area contributed by atoms with Crippen LogP contribution in [0.1, 0.15) is 51.6 Å². The van der Waals surface area contributed by atoms with E-state index in [9.17, 15) is 9.90 Å². The molecule has 0 spiro atoms. The van der Waals surface area contributed by atoms with Gasteiger partial charge in [-0.2, -0.15) is 0 Å². The fourth-order valence-electron chi connectivity index (χ4n) is 2.09. The van der Waals surface area contributed by atoms with Crippen LogP contribution in [0.15, 0.2) is 22.7 Å². The lowest BCUT2D eigenvalue weighted by Crippen LogP contribution is -2.34. The first kappa shape index (κ1) is 18.0. The topological polar surface area (TPSA) is 61.4 Å². The zero-order valence-electron chi connectivity index (χ0n) is 12.9. The van der Waals surface area contributed by atoms with Crippen LogP contribution >= 0.6 is 15.9 Å². The fourth-order valence-corrected chi connectivity index (χ4v) is 2.47. The van der Waals surface area contributed by atoms with Crippen LogP contribution < -0.4 is 10.6 Å². The Morgan fingerprint density at radius 2 is 2.05 bits per heavy atom. The lowest BCUT2D eigenvalue weighted by atomic mass is 10.0. The first-order valence-electron chi connectivity index (χ1n) is 7.49. The maximum absolute atomic E-state index is 11.7. The molecule has 0 aliphatic heterocycles. The van der Waals surface area contributed by atoms with E-state index < -0.39 is 0 Å². The minimum absolute atomic E-state index is 0.0406. The molecule has 4 nitrogen and oxygen atoms in total. The Morgan fingerprint density at radius 3 is 2.67 bits per heavy atom. The molecule has 0 radical (unpaired) electrons. The normalized spacial score (nSPS) is 13.7. The van der Waals surface area contributed by atoms with Gasteiger partial charge < -0.3 is 15.7 Å². The Balaban J connectivity index is 2.52. The Morgan fingerprint density at radius 1 is 1.33 bits per heavy atom. The molecular weight excluding hydrogens is 332 g/mol. The van der Waals surface area contributed by atoms with Gasteiger partial charge in [-0.25, -0.2) is 0 Å². The van der Waals surface area contributed by atoms with Crippen LogP contribution in [0.4, 0.5) is 0 Å². The maximum Gasteiger partial charge on any atom is 0.221 e. The third-order valence-corrected chi connectivity index (χ3v) is 4.03. The van der Waals surface area contributed by atoms with Gasteiger partial charge in [0.15, 0.2) is 0 Å². The quantitative estimate of drug-likeness (QED) is 0.667. The van der Waals surface area contributed by atoms with E-state index in [1.165, 1.54) is 0 Å². The molecule has 1 aromatic carbocycles. The van der Waals surface area contributed by atoms with Gasteiger partial charge in [0.2, 0.25) is 5.91 Å². The zero-order chi connectivity index (χ0) is 15.8. The Labute approximate surface area is 135 Å². The van der Waals surface area contributed by atoms with Crippen molar-refractivity contribution >= 4 is 21.8 Å². The molecule has 1 rings (SSSR count). The molecule has 0 aliphatic carbocycles. The van der Waals surface area contributed by atoms with Gasteiger partial charge in [-0.3, -0.25) is 4.79 Å². The first-order valence-corrected chi connectivity index (χ1v) is 8.28. The predicted octanol–water partition coefficient (Wildman–Crippen LogP) is 3.50. The number of carbonyl (C=O) groups excluding carboxylic acids is 1. The van der Waals surface area contributed by atoms with E-state index in [4.69, 9.17) is 0 Å². The second-order valence-corrected chi connectivity index (χ2v) is 6.16. The summed E-state index contributed by atoms with van der Waals surface area (Å²) in [4.78, 5) is 11.7. The number of rotatable bonds is 8. The summed E-state index contributed by atoms with van der Waals surface area (Å²) in [5.41, 5.74) is 0.856. The predicted molar refractivity (Wildman–Crippen MR) is 89.4 cm³/mol. The number of carbonyl (C=O) groups is 1. The van der Waals surface area contributed by atoms with Gasteiger partial charge in [-0.15, -0.1) is 0 Å². The third-order valence-electron chi connectivity index (χ3n) is 3.54.